The van der Waals surface area contributed by atoms with Crippen LogP contribution in [0, 0.1) is 0 Å². The van der Waals surface area contributed by atoms with E-state index in [0.717, 1.165) is 37.7 Å². The van der Waals surface area contributed by atoms with Gasteiger partial charge in [0.05, 0.1) is 17.9 Å². The Morgan fingerprint density at radius 2 is 2.00 bits per heavy atom. The van der Waals surface area contributed by atoms with Crippen molar-refractivity contribution in [2.24, 2.45) is 0 Å². The lowest BCUT2D eigenvalue weighted by Crippen LogP contribution is -2.51. The molecule has 3 heterocycles. The van der Waals surface area contributed by atoms with Crippen molar-refractivity contribution in [3.63, 3.8) is 0 Å². The SMILES string of the molecule is c1cc(N2CCCCC2)ncc1NC1CNC1. The Hall–Kier alpha value is -1.29. The zero-order chi connectivity index (χ0) is 11.5. The third-order valence-corrected chi connectivity index (χ3v) is 3.58. The molecule has 1 aromatic rings. The molecule has 0 bridgehead atoms. The molecule has 0 aromatic carbocycles. The molecule has 2 fully saturated rings. The summed E-state index contributed by atoms with van der Waals surface area (Å²) in [5.74, 6) is 1.13. The minimum Gasteiger partial charge on any atom is -0.378 e. The summed E-state index contributed by atoms with van der Waals surface area (Å²) in [5.41, 5.74) is 1.14. The van der Waals surface area contributed by atoms with E-state index in [0.29, 0.717) is 6.04 Å². The van der Waals surface area contributed by atoms with Crippen LogP contribution in [0.2, 0.25) is 0 Å². The number of hydrogen-bond donors (Lipinski definition) is 2. The number of nitrogens with zero attached hydrogens (tertiary/aromatic N) is 2. The fourth-order valence-corrected chi connectivity index (χ4v) is 2.41. The van der Waals surface area contributed by atoms with E-state index < -0.39 is 0 Å². The Bertz CT molecular complexity index is 352. The van der Waals surface area contributed by atoms with Crippen LogP contribution in [-0.2, 0) is 0 Å². The number of hydrogen-bond acceptors (Lipinski definition) is 4. The van der Waals surface area contributed by atoms with Crippen LogP contribution in [0.25, 0.3) is 0 Å². The van der Waals surface area contributed by atoms with E-state index in [2.05, 4.69) is 32.7 Å². The van der Waals surface area contributed by atoms with Crippen molar-refractivity contribution in [3.05, 3.63) is 18.3 Å². The topological polar surface area (TPSA) is 40.2 Å². The fourth-order valence-electron chi connectivity index (χ4n) is 2.41. The zero-order valence-electron chi connectivity index (χ0n) is 10.2. The van der Waals surface area contributed by atoms with Gasteiger partial charge in [0.25, 0.3) is 0 Å². The molecule has 2 saturated heterocycles. The van der Waals surface area contributed by atoms with Crippen LogP contribution in [0.15, 0.2) is 18.3 Å². The normalized spacial score (nSPS) is 21.1. The maximum absolute atomic E-state index is 4.56. The lowest BCUT2D eigenvalue weighted by molar-refractivity contribution is 0.472. The molecule has 2 aliphatic heterocycles. The highest BCUT2D eigenvalue weighted by Crippen LogP contribution is 2.19. The Labute approximate surface area is 102 Å². The first-order valence-corrected chi connectivity index (χ1v) is 6.60. The maximum Gasteiger partial charge on any atom is 0.128 e. The summed E-state index contributed by atoms with van der Waals surface area (Å²) in [4.78, 5) is 6.94. The lowest BCUT2D eigenvalue weighted by atomic mass is 10.1. The van der Waals surface area contributed by atoms with Gasteiger partial charge < -0.3 is 15.5 Å². The first-order valence-electron chi connectivity index (χ1n) is 6.60. The smallest absolute Gasteiger partial charge is 0.128 e. The van der Waals surface area contributed by atoms with E-state index >= 15 is 0 Å². The molecule has 4 nitrogen and oxygen atoms in total. The molecule has 0 aliphatic carbocycles. The van der Waals surface area contributed by atoms with E-state index in [1.165, 1.54) is 19.3 Å². The molecule has 2 N–H and O–H groups in total. The van der Waals surface area contributed by atoms with Crippen molar-refractivity contribution >= 4 is 11.5 Å². The number of aromatic nitrogens is 1. The zero-order valence-corrected chi connectivity index (χ0v) is 10.2. The van der Waals surface area contributed by atoms with E-state index in [4.69, 9.17) is 0 Å². The van der Waals surface area contributed by atoms with Gasteiger partial charge >= 0.3 is 0 Å². The van der Waals surface area contributed by atoms with Gasteiger partial charge in [-0.05, 0) is 31.4 Å². The van der Waals surface area contributed by atoms with Gasteiger partial charge in [-0.1, -0.05) is 0 Å². The highest BCUT2D eigenvalue weighted by atomic mass is 15.2. The van der Waals surface area contributed by atoms with Crippen LogP contribution >= 0.6 is 0 Å². The van der Waals surface area contributed by atoms with Crippen molar-refractivity contribution < 1.29 is 0 Å². The predicted octanol–water partition coefficient (Wildman–Crippen LogP) is 1.46. The van der Waals surface area contributed by atoms with Crippen LogP contribution < -0.4 is 15.5 Å². The van der Waals surface area contributed by atoms with Crippen LogP contribution in [0.4, 0.5) is 11.5 Å². The molecule has 0 unspecified atom stereocenters. The van der Waals surface area contributed by atoms with Gasteiger partial charge in [0.2, 0.25) is 0 Å². The van der Waals surface area contributed by atoms with E-state index in [9.17, 15) is 0 Å². The van der Waals surface area contributed by atoms with Gasteiger partial charge in [-0.3, -0.25) is 0 Å². The highest BCUT2D eigenvalue weighted by Gasteiger charge is 2.16. The van der Waals surface area contributed by atoms with Crippen LogP contribution in [0.5, 0.6) is 0 Å². The van der Waals surface area contributed by atoms with Gasteiger partial charge in [-0.25, -0.2) is 4.98 Å². The number of rotatable bonds is 3. The standard InChI is InChI=1S/C13H20N4/c1-2-6-17(7-3-1)13-5-4-11(10-15-13)16-12-8-14-9-12/h4-5,10,12,14,16H,1-3,6-9H2. The second-order valence-electron chi connectivity index (χ2n) is 4.95. The largest absolute Gasteiger partial charge is 0.378 e. The number of pyridine rings is 1. The third-order valence-electron chi connectivity index (χ3n) is 3.58. The third kappa shape index (κ3) is 2.52. The van der Waals surface area contributed by atoms with E-state index in [1.54, 1.807) is 0 Å². The Morgan fingerprint density at radius 1 is 1.18 bits per heavy atom. The molecule has 2 aliphatic rings. The number of piperidine rings is 1. The summed E-state index contributed by atoms with van der Waals surface area (Å²) in [5, 5.41) is 6.72. The molecule has 0 atom stereocenters. The summed E-state index contributed by atoms with van der Waals surface area (Å²) < 4.78 is 0. The summed E-state index contributed by atoms with van der Waals surface area (Å²) in [6, 6.07) is 4.87. The number of anilines is 2. The average Bonchev–Trinajstić information content (AvgIpc) is 2.36. The molecule has 0 amide bonds. The summed E-state index contributed by atoms with van der Waals surface area (Å²) >= 11 is 0. The first kappa shape index (κ1) is 10.8. The predicted molar refractivity (Wildman–Crippen MR) is 70.6 cm³/mol. The van der Waals surface area contributed by atoms with E-state index in [1.807, 2.05) is 6.20 Å². The quantitative estimate of drug-likeness (QED) is 0.827. The second-order valence-corrected chi connectivity index (χ2v) is 4.95. The summed E-state index contributed by atoms with van der Waals surface area (Å²) in [6.45, 7) is 4.44. The van der Waals surface area contributed by atoms with Gasteiger partial charge in [-0.15, -0.1) is 0 Å². The molecule has 4 heteroatoms. The molecule has 0 spiro atoms. The molecule has 0 radical (unpaired) electrons. The molecule has 1 aromatic heterocycles. The van der Waals surface area contributed by atoms with Crippen molar-refractivity contribution in [2.45, 2.75) is 25.3 Å². The first-order chi connectivity index (χ1) is 8.42. The molecular weight excluding hydrogens is 212 g/mol. The van der Waals surface area contributed by atoms with Crippen molar-refractivity contribution in [2.75, 3.05) is 36.4 Å². The lowest BCUT2D eigenvalue weighted by Gasteiger charge is -2.30. The minimum atomic E-state index is 0.581. The van der Waals surface area contributed by atoms with E-state index in [-0.39, 0.29) is 0 Å². The van der Waals surface area contributed by atoms with Crippen LogP contribution in [0.3, 0.4) is 0 Å². The Kier molecular flexibility index (Phi) is 3.14. The van der Waals surface area contributed by atoms with Gasteiger partial charge in [0, 0.05) is 26.2 Å². The van der Waals surface area contributed by atoms with Crippen LogP contribution in [-0.4, -0.2) is 37.2 Å². The van der Waals surface area contributed by atoms with Gasteiger partial charge in [-0.2, -0.15) is 0 Å². The van der Waals surface area contributed by atoms with Crippen molar-refractivity contribution in [1.29, 1.82) is 0 Å². The van der Waals surface area contributed by atoms with Crippen molar-refractivity contribution in [1.82, 2.24) is 10.3 Å². The molecule has 17 heavy (non-hydrogen) atoms. The number of nitrogens with one attached hydrogen (secondary N) is 2. The van der Waals surface area contributed by atoms with Crippen LogP contribution in [0.1, 0.15) is 19.3 Å². The summed E-state index contributed by atoms with van der Waals surface area (Å²) in [7, 11) is 0. The molecule has 3 rings (SSSR count). The fraction of sp³-hybridized carbons (Fsp3) is 0.615. The molecule has 92 valence electrons. The monoisotopic (exact) mass is 232 g/mol. The highest BCUT2D eigenvalue weighted by molar-refractivity contribution is 5.49. The average molecular weight is 232 g/mol. The minimum absolute atomic E-state index is 0.581. The maximum atomic E-state index is 4.56. The van der Waals surface area contributed by atoms with Crippen molar-refractivity contribution in [3.8, 4) is 0 Å². The van der Waals surface area contributed by atoms with Gasteiger partial charge in [0.15, 0.2) is 0 Å². The Balaban J connectivity index is 1.62. The Morgan fingerprint density at radius 3 is 2.59 bits per heavy atom. The summed E-state index contributed by atoms with van der Waals surface area (Å²) in [6.07, 6.45) is 5.93. The molecule has 0 saturated carbocycles. The second kappa shape index (κ2) is 4.92. The van der Waals surface area contributed by atoms with Gasteiger partial charge in [0.1, 0.15) is 5.82 Å². The molecular formula is C13H20N4.